The van der Waals surface area contributed by atoms with E-state index in [1.807, 2.05) is 6.08 Å². The summed E-state index contributed by atoms with van der Waals surface area (Å²) in [5.41, 5.74) is 0. The van der Waals surface area contributed by atoms with Crippen LogP contribution in [-0.4, -0.2) is 19.8 Å². The zero-order chi connectivity index (χ0) is 9.45. The van der Waals surface area contributed by atoms with Gasteiger partial charge in [-0.25, -0.2) is 0 Å². The number of allylic oxidation sites excluding steroid dienone is 2. The first-order chi connectivity index (χ1) is 5.56. The molecule has 12 heavy (non-hydrogen) atoms. The van der Waals surface area contributed by atoms with Gasteiger partial charge in [0, 0.05) is 14.5 Å². The van der Waals surface area contributed by atoms with Crippen LogP contribution in [0, 0.1) is 11.8 Å². The van der Waals surface area contributed by atoms with Gasteiger partial charge in [0.2, 0.25) is 0 Å². The monoisotopic (exact) mass is 182 g/mol. The Kier molecular flexibility index (Phi) is 5.78. The van der Waals surface area contributed by atoms with Gasteiger partial charge in [0.1, 0.15) is 0 Å². The van der Waals surface area contributed by atoms with Gasteiger partial charge in [0.05, 0.1) is 6.61 Å². The number of hydrogen-bond donors (Lipinski definition) is 1. The molecule has 0 aromatic carbocycles. The van der Waals surface area contributed by atoms with E-state index in [1.165, 1.54) is 6.04 Å². The normalized spacial score (nSPS) is 11.3. The summed E-state index contributed by atoms with van der Waals surface area (Å²) in [5, 5.41) is 8.43. The van der Waals surface area contributed by atoms with Crippen LogP contribution in [0.4, 0.5) is 0 Å². The molecule has 0 saturated carbocycles. The van der Waals surface area contributed by atoms with E-state index in [0.29, 0.717) is 6.42 Å². The van der Waals surface area contributed by atoms with Crippen LogP contribution in [0.5, 0.6) is 0 Å². The summed E-state index contributed by atoms with van der Waals surface area (Å²) in [6.45, 7) is 7.16. The summed E-state index contributed by atoms with van der Waals surface area (Å²) < 4.78 is 0. The fraction of sp³-hybridized carbons (Fsp3) is 0.600. The molecule has 0 unspecified atom stereocenters. The van der Waals surface area contributed by atoms with E-state index in [1.54, 1.807) is 0 Å². The third-order valence-electron chi connectivity index (χ3n) is 1.27. The molecule has 0 saturated heterocycles. The fourth-order valence-electron chi connectivity index (χ4n) is 0.658. The highest BCUT2D eigenvalue weighted by molar-refractivity contribution is 6.76. The molecule has 0 atom stereocenters. The highest BCUT2D eigenvalue weighted by atomic mass is 28.3. The predicted molar refractivity (Wildman–Crippen MR) is 56.8 cm³/mol. The lowest BCUT2D eigenvalue weighted by Crippen LogP contribution is -2.17. The number of aliphatic hydroxyl groups is 1. The molecular weight excluding hydrogens is 164 g/mol. The van der Waals surface area contributed by atoms with E-state index in [-0.39, 0.29) is 6.61 Å². The number of rotatable bonds is 3. The van der Waals surface area contributed by atoms with Crippen LogP contribution in [0.25, 0.3) is 0 Å². The Hall–Kier alpha value is -0.523. The Morgan fingerprint density at radius 3 is 2.50 bits per heavy atom. The minimum atomic E-state index is -0.930. The van der Waals surface area contributed by atoms with Crippen molar-refractivity contribution in [2.45, 2.75) is 32.1 Å². The molecule has 0 rings (SSSR count). The quantitative estimate of drug-likeness (QED) is 0.524. The van der Waals surface area contributed by atoms with E-state index in [4.69, 9.17) is 5.11 Å². The molecule has 0 spiro atoms. The second-order valence-electron chi connectivity index (χ2n) is 3.96. The Bertz CT molecular complexity index is 190. The average molecular weight is 182 g/mol. The van der Waals surface area contributed by atoms with Crippen molar-refractivity contribution in [2.24, 2.45) is 0 Å². The van der Waals surface area contributed by atoms with E-state index in [2.05, 4.69) is 37.6 Å². The van der Waals surface area contributed by atoms with Gasteiger partial charge in [-0.3, -0.25) is 0 Å². The molecule has 0 aliphatic rings. The third-order valence-corrected chi connectivity index (χ3v) is 2.73. The minimum absolute atomic E-state index is 0.162. The molecule has 1 N–H and O–H groups in total. The first-order valence-electron chi connectivity index (χ1n) is 4.30. The van der Waals surface area contributed by atoms with Gasteiger partial charge < -0.3 is 5.11 Å². The Morgan fingerprint density at radius 2 is 2.00 bits per heavy atom. The molecular formula is C10H18OSi. The van der Waals surface area contributed by atoms with Crippen LogP contribution in [0.15, 0.2) is 12.2 Å². The van der Waals surface area contributed by atoms with Crippen molar-refractivity contribution in [3.63, 3.8) is 0 Å². The number of hydrogen-bond acceptors (Lipinski definition) is 1. The molecule has 0 aliphatic heterocycles. The molecule has 0 heterocycles. The van der Waals surface area contributed by atoms with Crippen LogP contribution in [-0.2, 0) is 0 Å². The van der Waals surface area contributed by atoms with E-state index < -0.39 is 8.07 Å². The second-order valence-corrected chi connectivity index (χ2v) is 9.49. The van der Waals surface area contributed by atoms with Gasteiger partial charge in [0.25, 0.3) is 0 Å². The maximum absolute atomic E-state index is 8.43. The molecule has 0 fully saturated rings. The van der Waals surface area contributed by atoms with Crippen molar-refractivity contribution < 1.29 is 5.11 Å². The van der Waals surface area contributed by atoms with Crippen molar-refractivity contribution >= 4 is 8.07 Å². The number of aliphatic hydroxyl groups excluding tert-OH is 1. The summed E-state index contributed by atoms with van der Waals surface area (Å²) in [4.78, 5) is 0. The molecule has 2 heteroatoms. The van der Waals surface area contributed by atoms with Gasteiger partial charge in [-0.1, -0.05) is 37.6 Å². The van der Waals surface area contributed by atoms with Crippen LogP contribution < -0.4 is 0 Å². The Morgan fingerprint density at radius 1 is 1.33 bits per heavy atom. The van der Waals surface area contributed by atoms with Gasteiger partial charge in [-0.2, -0.15) is 0 Å². The van der Waals surface area contributed by atoms with Crippen molar-refractivity contribution in [1.82, 2.24) is 0 Å². The second kappa shape index (κ2) is 6.04. The SMILES string of the molecule is C[Si](C)(C)C/C=C/C#CCCO. The summed E-state index contributed by atoms with van der Waals surface area (Å²) in [6, 6.07) is 1.18. The highest BCUT2D eigenvalue weighted by Gasteiger charge is 2.08. The predicted octanol–water partition coefficient (Wildman–Crippen LogP) is 2.27. The van der Waals surface area contributed by atoms with Crippen LogP contribution in [0.1, 0.15) is 6.42 Å². The summed E-state index contributed by atoms with van der Waals surface area (Å²) >= 11 is 0. The largest absolute Gasteiger partial charge is 0.395 e. The van der Waals surface area contributed by atoms with E-state index in [0.717, 1.165) is 0 Å². The molecule has 0 bridgehead atoms. The summed E-state index contributed by atoms with van der Waals surface area (Å²) in [7, 11) is -0.930. The molecule has 1 nitrogen and oxygen atoms in total. The maximum atomic E-state index is 8.43. The van der Waals surface area contributed by atoms with Crippen LogP contribution >= 0.6 is 0 Å². The molecule has 0 aliphatic carbocycles. The van der Waals surface area contributed by atoms with Crippen molar-refractivity contribution in [3.8, 4) is 11.8 Å². The lowest BCUT2D eigenvalue weighted by Gasteiger charge is -2.10. The minimum Gasteiger partial charge on any atom is -0.395 e. The van der Waals surface area contributed by atoms with Gasteiger partial charge in [0.15, 0.2) is 0 Å². The van der Waals surface area contributed by atoms with E-state index in [9.17, 15) is 0 Å². The zero-order valence-corrected chi connectivity index (χ0v) is 9.22. The molecule has 68 valence electrons. The standard InChI is InChI=1S/C10H18OSi/c1-12(2,3)10-8-6-4-5-7-9-11/h6,8,11H,7,9-10H2,1-3H3/b8-6+. The van der Waals surface area contributed by atoms with Crippen LogP contribution in [0.2, 0.25) is 25.7 Å². The van der Waals surface area contributed by atoms with E-state index >= 15 is 0 Å². The topological polar surface area (TPSA) is 20.2 Å². The van der Waals surface area contributed by atoms with Crippen molar-refractivity contribution in [2.75, 3.05) is 6.61 Å². The lowest BCUT2D eigenvalue weighted by atomic mass is 10.4. The summed E-state index contributed by atoms with van der Waals surface area (Å²) in [6.07, 6.45) is 4.61. The third kappa shape index (κ3) is 9.48. The fourth-order valence-corrected chi connectivity index (χ4v) is 1.48. The van der Waals surface area contributed by atoms with Gasteiger partial charge in [-0.15, -0.1) is 0 Å². The summed E-state index contributed by atoms with van der Waals surface area (Å²) in [5.74, 6) is 5.74. The van der Waals surface area contributed by atoms with Crippen LogP contribution in [0.3, 0.4) is 0 Å². The average Bonchev–Trinajstić information content (AvgIpc) is 1.94. The smallest absolute Gasteiger partial charge is 0.0540 e. The highest BCUT2D eigenvalue weighted by Crippen LogP contribution is 2.07. The first kappa shape index (κ1) is 11.5. The van der Waals surface area contributed by atoms with Gasteiger partial charge in [-0.05, 0) is 12.1 Å². The van der Waals surface area contributed by atoms with Gasteiger partial charge >= 0.3 is 0 Å². The maximum Gasteiger partial charge on any atom is 0.0540 e. The Labute approximate surface area is 76.5 Å². The van der Waals surface area contributed by atoms with Crippen molar-refractivity contribution in [3.05, 3.63) is 12.2 Å². The zero-order valence-electron chi connectivity index (χ0n) is 8.22. The van der Waals surface area contributed by atoms with Crippen molar-refractivity contribution in [1.29, 1.82) is 0 Å². The molecule has 0 radical (unpaired) electrons. The first-order valence-corrected chi connectivity index (χ1v) is 8.01. The molecule has 0 amide bonds. The molecule has 0 aromatic heterocycles. The Balaban J connectivity index is 3.59. The molecule has 0 aromatic rings. The lowest BCUT2D eigenvalue weighted by molar-refractivity contribution is 0.305.